The van der Waals surface area contributed by atoms with Gasteiger partial charge in [-0.1, -0.05) is 59.6 Å². The molecule has 1 N–H and O–H groups in total. The number of hydrogen-bond donors (Lipinski definition) is 1. The molecule has 0 unspecified atom stereocenters. The first kappa shape index (κ1) is 24.6. The number of carbonyl (C=O) groups is 2. The smallest absolute Gasteiger partial charge is 0.254 e. The van der Waals surface area contributed by atoms with E-state index in [1.165, 1.54) is 18.4 Å². The van der Waals surface area contributed by atoms with E-state index in [1.807, 2.05) is 44.3 Å². The van der Waals surface area contributed by atoms with Gasteiger partial charge in [0.1, 0.15) is 12.4 Å². The second-order valence-electron chi connectivity index (χ2n) is 9.22. The van der Waals surface area contributed by atoms with Crippen molar-refractivity contribution in [2.45, 2.75) is 72.1 Å². The van der Waals surface area contributed by atoms with Crippen molar-refractivity contribution in [2.75, 3.05) is 18.4 Å². The van der Waals surface area contributed by atoms with Crippen molar-refractivity contribution < 1.29 is 9.59 Å². The summed E-state index contributed by atoms with van der Waals surface area (Å²) >= 11 is 0. The molecule has 0 aliphatic carbocycles. The molecule has 2 amide bonds. The predicted molar refractivity (Wildman–Crippen MR) is 126 cm³/mol. The summed E-state index contributed by atoms with van der Waals surface area (Å²) in [4.78, 5) is 27.3. The molecule has 0 radical (unpaired) electrons. The van der Waals surface area contributed by atoms with E-state index in [2.05, 4.69) is 38.1 Å². The Balaban J connectivity index is 2.04. The number of aromatic nitrogens is 2. The number of nitrogens with one attached hydrogen (secondary N) is 1. The molecule has 0 fully saturated rings. The summed E-state index contributed by atoms with van der Waals surface area (Å²) in [6.45, 7) is 11.0. The van der Waals surface area contributed by atoms with E-state index in [0.29, 0.717) is 17.9 Å². The molecule has 0 saturated heterocycles. The second kappa shape index (κ2) is 11.1. The number of amides is 2. The van der Waals surface area contributed by atoms with Crippen LogP contribution in [-0.4, -0.2) is 39.6 Å². The molecule has 0 bridgehead atoms. The van der Waals surface area contributed by atoms with Gasteiger partial charge in [0.15, 0.2) is 0 Å². The van der Waals surface area contributed by atoms with Gasteiger partial charge in [0.25, 0.3) is 5.91 Å². The molecule has 2 rings (SSSR count). The molecule has 1 heterocycles. The van der Waals surface area contributed by atoms with Crippen LogP contribution >= 0.6 is 0 Å². The van der Waals surface area contributed by atoms with E-state index in [9.17, 15) is 9.59 Å². The second-order valence-corrected chi connectivity index (χ2v) is 9.22. The molecule has 2 aromatic rings. The van der Waals surface area contributed by atoms with Gasteiger partial charge in [0.2, 0.25) is 5.91 Å². The number of rotatable bonds is 10. The highest BCUT2D eigenvalue weighted by Crippen LogP contribution is 2.23. The number of benzene rings is 1. The first-order valence-corrected chi connectivity index (χ1v) is 11.4. The third-order valence-corrected chi connectivity index (χ3v) is 5.30. The van der Waals surface area contributed by atoms with Gasteiger partial charge in [-0.3, -0.25) is 14.3 Å². The maximum atomic E-state index is 13.0. The van der Waals surface area contributed by atoms with Gasteiger partial charge in [0, 0.05) is 30.6 Å². The molecule has 1 aromatic carbocycles. The van der Waals surface area contributed by atoms with E-state index < -0.39 is 0 Å². The van der Waals surface area contributed by atoms with Gasteiger partial charge in [0.05, 0.1) is 5.69 Å². The zero-order chi connectivity index (χ0) is 23.0. The lowest BCUT2D eigenvalue weighted by Gasteiger charge is -2.22. The molecule has 0 atom stereocenters. The minimum absolute atomic E-state index is 0.0148. The molecule has 1 aromatic heterocycles. The van der Waals surface area contributed by atoms with Crippen LogP contribution in [0.25, 0.3) is 0 Å². The summed E-state index contributed by atoms with van der Waals surface area (Å²) in [5.74, 6) is 0.300. The van der Waals surface area contributed by atoms with Crippen LogP contribution in [0.2, 0.25) is 0 Å². The maximum Gasteiger partial charge on any atom is 0.254 e. The van der Waals surface area contributed by atoms with Crippen LogP contribution in [0.1, 0.15) is 81.9 Å². The molecule has 170 valence electrons. The minimum Gasteiger partial charge on any atom is -0.329 e. The van der Waals surface area contributed by atoms with Crippen molar-refractivity contribution in [1.29, 1.82) is 0 Å². The van der Waals surface area contributed by atoms with Gasteiger partial charge in [-0.25, -0.2) is 0 Å². The zero-order valence-corrected chi connectivity index (χ0v) is 20.0. The van der Waals surface area contributed by atoms with Crippen LogP contribution in [0.5, 0.6) is 0 Å². The van der Waals surface area contributed by atoms with Crippen molar-refractivity contribution in [2.24, 2.45) is 7.05 Å². The minimum atomic E-state index is -0.221. The highest BCUT2D eigenvalue weighted by molar-refractivity contribution is 5.99. The number of hydrogen-bond acceptors (Lipinski definition) is 3. The number of nitrogens with zero attached hydrogens (tertiary/aromatic N) is 3. The Morgan fingerprint density at radius 2 is 1.74 bits per heavy atom. The van der Waals surface area contributed by atoms with Crippen LogP contribution in [0.3, 0.4) is 0 Å². The average molecular weight is 427 g/mol. The number of aryl methyl sites for hydroxylation is 2. The molecular weight excluding hydrogens is 388 g/mol. The zero-order valence-electron chi connectivity index (χ0n) is 20.0. The number of unbranched alkanes of at least 4 members (excludes halogenated alkanes) is 2. The Bertz CT molecular complexity index is 863. The Labute approximate surface area is 187 Å². The Morgan fingerprint density at radius 3 is 2.29 bits per heavy atom. The third kappa shape index (κ3) is 7.23. The van der Waals surface area contributed by atoms with Gasteiger partial charge in [-0.05, 0) is 37.0 Å². The van der Waals surface area contributed by atoms with E-state index in [4.69, 9.17) is 0 Å². The molecule has 6 nitrogen and oxygen atoms in total. The average Bonchev–Trinajstić information content (AvgIpc) is 3.08. The van der Waals surface area contributed by atoms with Crippen LogP contribution in [0.4, 0.5) is 5.82 Å². The SMILES string of the molecule is CCCCCc1ccc(C(=O)N(CCC)CC(=O)Nc2cc(C(C)(C)C)nn2C)cc1. The molecule has 0 aliphatic heterocycles. The lowest BCUT2D eigenvalue weighted by Crippen LogP contribution is -2.38. The first-order chi connectivity index (χ1) is 14.7. The Morgan fingerprint density at radius 1 is 1.06 bits per heavy atom. The summed E-state index contributed by atoms with van der Waals surface area (Å²) in [6, 6.07) is 9.69. The molecule has 0 aliphatic rings. The normalized spacial score (nSPS) is 11.4. The molecule has 6 heteroatoms. The lowest BCUT2D eigenvalue weighted by atomic mass is 9.92. The van der Waals surface area contributed by atoms with E-state index >= 15 is 0 Å². The van der Waals surface area contributed by atoms with Crippen LogP contribution in [-0.2, 0) is 23.7 Å². The highest BCUT2D eigenvalue weighted by Gasteiger charge is 2.22. The monoisotopic (exact) mass is 426 g/mol. The van der Waals surface area contributed by atoms with Gasteiger partial charge >= 0.3 is 0 Å². The summed E-state index contributed by atoms with van der Waals surface area (Å²) in [5, 5.41) is 7.39. The molecule has 0 saturated carbocycles. The van der Waals surface area contributed by atoms with Crippen LogP contribution in [0.15, 0.2) is 30.3 Å². The fourth-order valence-electron chi connectivity index (χ4n) is 3.40. The summed E-state index contributed by atoms with van der Waals surface area (Å²) in [6.07, 6.45) is 5.39. The van der Waals surface area contributed by atoms with Crippen LogP contribution < -0.4 is 5.32 Å². The van der Waals surface area contributed by atoms with Crippen molar-refractivity contribution in [1.82, 2.24) is 14.7 Å². The standard InChI is InChI=1S/C25H38N4O2/c1-7-9-10-11-19-12-14-20(15-13-19)24(31)29(16-8-2)18-23(30)26-22-17-21(25(3,4)5)27-28(22)6/h12-15,17H,7-11,16,18H2,1-6H3,(H,26,30). The summed E-state index contributed by atoms with van der Waals surface area (Å²) in [7, 11) is 1.81. The molecular formula is C25H38N4O2. The maximum absolute atomic E-state index is 13.0. The van der Waals surface area contributed by atoms with Gasteiger partial charge in [-0.2, -0.15) is 5.10 Å². The molecule has 31 heavy (non-hydrogen) atoms. The Kier molecular flexibility index (Phi) is 8.84. The topological polar surface area (TPSA) is 67.2 Å². The Hall–Kier alpha value is -2.63. The first-order valence-electron chi connectivity index (χ1n) is 11.4. The predicted octanol–water partition coefficient (Wildman–Crippen LogP) is 4.94. The largest absolute Gasteiger partial charge is 0.329 e. The fraction of sp³-hybridized carbons (Fsp3) is 0.560. The van der Waals surface area contributed by atoms with Crippen molar-refractivity contribution in [3.8, 4) is 0 Å². The quantitative estimate of drug-likeness (QED) is 0.547. The van der Waals surface area contributed by atoms with Crippen molar-refractivity contribution in [3.63, 3.8) is 0 Å². The fourth-order valence-corrected chi connectivity index (χ4v) is 3.40. The number of carbonyl (C=O) groups excluding carboxylic acids is 2. The van der Waals surface area contributed by atoms with Crippen molar-refractivity contribution in [3.05, 3.63) is 47.2 Å². The number of anilines is 1. The van der Waals surface area contributed by atoms with Gasteiger partial charge < -0.3 is 10.2 Å². The van der Waals surface area contributed by atoms with Crippen molar-refractivity contribution >= 4 is 17.6 Å². The lowest BCUT2D eigenvalue weighted by molar-refractivity contribution is -0.116. The van der Waals surface area contributed by atoms with E-state index in [0.717, 1.165) is 25.0 Å². The third-order valence-electron chi connectivity index (χ3n) is 5.30. The van der Waals surface area contributed by atoms with E-state index in [1.54, 1.807) is 9.58 Å². The van der Waals surface area contributed by atoms with Gasteiger partial charge in [-0.15, -0.1) is 0 Å². The van der Waals surface area contributed by atoms with E-state index in [-0.39, 0.29) is 23.8 Å². The summed E-state index contributed by atoms with van der Waals surface area (Å²) < 4.78 is 1.67. The van der Waals surface area contributed by atoms with Crippen LogP contribution in [0, 0.1) is 0 Å². The highest BCUT2D eigenvalue weighted by atomic mass is 16.2. The summed E-state index contributed by atoms with van der Waals surface area (Å²) in [5.41, 5.74) is 2.67. The molecule has 0 spiro atoms.